The Hall–Kier alpha value is -0.120. The Bertz CT molecular complexity index is 164. The van der Waals surface area contributed by atoms with Gasteiger partial charge in [-0.15, -0.1) is 0 Å². The molecule has 1 fully saturated rings. The largest absolute Gasteiger partial charge is 0.377 e. The first-order valence-corrected chi connectivity index (χ1v) is 6.30. The van der Waals surface area contributed by atoms with Gasteiger partial charge in [0, 0.05) is 26.2 Å². The van der Waals surface area contributed by atoms with Gasteiger partial charge in [-0.25, -0.2) is 0 Å². The van der Waals surface area contributed by atoms with Crippen LogP contribution in [0.15, 0.2) is 0 Å². The molecule has 0 saturated carbocycles. The number of nitrogens with zero attached hydrogens (tertiary/aromatic N) is 1. The van der Waals surface area contributed by atoms with Crippen molar-refractivity contribution in [3.05, 3.63) is 0 Å². The van der Waals surface area contributed by atoms with E-state index in [-0.39, 0.29) is 0 Å². The molecule has 15 heavy (non-hydrogen) atoms. The first-order chi connectivity index (χ1) is 7.26. The van der Waals surface area contributed by atoms with Crippen LogP contribution < -0.4 is 5.73 Å². The van der Waals surface area contributed by atoms with Crippen LogP contribution in [0.5, 0.6) is 0 Å². The molecule has 0 aromatic heterocycles. The molecule has 0 radical (unpaired) electrons. The molecule has 1 aliphatic rings. The first-order valence-electron chi connectivity index (χ1n) is 6.30. The van der Waals surface area contributed by atoms with Crippen LogP contribution in [-0.2, 0) is 4.74 Å². The Morgan fingerprint density at radius 3 is 3.00 bits per heavy atom. The fourth-order valence-corrected chi connectivity index (χ4v) is 2.30. The Kier molecular flexibility index (Phi) is 6.22. The highest BCUT2D eigenvalue weighted by Gasteiger charge is 2.17. The number of rotatable bonds is 5. The van der Waals surface area contributed by atoms with Gasteiger partial charge in [0.25, 0.3) is 0 Å². The normalized spacial score (nSPS) is 26.2. The van der Waals surface area contributed by atoms with Crippen molar-refractivity contribution in [2.45, 2.75) is 39.2 Å². The average Bonchev–Trinajstić information content (AvgIpc) is 2.42. The summed E-state index contributed by atoms with van der Waals surface area (Å²) in [7, 11) is 0. The molecule has 90 valence electrons. The Morgan fingerprint density at radius 2 is 2.33 bits per heavy atom. The topological polar surface area (TPSA) is 38.5 Å². The number of ether oxygens (including phenoxy) is 1. The van der Waals surface area contributed by atoms with E-state index in [0.29, 0.717) is 12.0 Å². The number of nitrogens with two attached hydrogens (primary N) is 1. The van der Waals surface area contributed by atoms with Gasteiger partial charge >= 0.3 is 0 Å². The van der Waals surface area contributed by atoms with E-state index in [1.807, 2.05) is 0 Å². The minimum atomic E-state index is 0.382. The van der Waals surface area contributed by atoms with Crippen LogP contribution in [0.4, 0.5) is 0 Å². The lowest BCUT2D eigenvalue weighted by Crippen LogP contribution is -2.36. The molecule has 0 spiro atoms. The van der Waals surface area contributed by atoms with E-state index in [1.54, 1.807) is 0 Å². The minimum Gasteiger partial charge on any atom is -0.377 e. The third kappa shape index (κ3) is 4.96. The van der Waals surface area contributed by atoms with E-state index >= 15 is 0 Å². The molecule has 2 unspecified atom stereocenters. The molecule has 2 N–H and O–H groups in total. The smallest absolute Gasteiger partial charge is 0.0673 e. The second kappa shape index (κ2) is 7.20. The summed E-state index contributed by atoms with van der Waals surface area (Å²) in [4.78, 5) is 2.52. The van der Waals surface area contributed by atoms with Gasteiger partial charge in [-0.05, 0) is 32.2 Å². The monoisotopic (exact) mass is 214 g/mol. The predicted molar refractivity (Wildman–Crippen MR) is 63.9 cm³/mol. The maximum absolute atomic E-state index is 5.79. The third-order valence-electron chi connectivity index (χ3n) is 3.08. The molecule has 1 rings (SSSR count). The lowest BCUT2D eigenvalue weighted by Gasteiger charge is -2.26. The van der Waals surface area contributed by atoms with Gasteiger partial charge in [-0.1, -0.05) is 13.3 Å². The van der Waals surface area contributed by atoms with Crippen molar-refractivity contribution in [1.29, 1.82) is 0 Å². The summed E-state index contributed by atoms with van der Waals surface area (Å²) in [5.74, 6) is 0.667. The molecule has 0 aliphatic carbocycles. The van der Waals surface area contributed by atoms with E-state index < -0.39 is 0 Å². The minimum absolute atomic E-state index is 0.382. The zero-order valence-electron chi connectivity index (χ0n) is 10.2. The second-order valence-corrected chi connectivity index (χ2v) is 4.68. The summed E-state index contributed by atoms with van der Waals surface area (Å²) in [6.45, 7) is 9.52. The molecule has 0 aromatic carbocycles. The fourth-order valence-electron chi connectivity index (χ4n) is 2.30. The molecule has 0 aromatic rings. The van der Waals surface area contributed by atoms with Crippen LogP contribution in [0.3, 0.4) is 0 Å². The van der Waals surface area contributed by atoms with Crippen molar-refractivity contribution in [1.82, 2.24) is 4.90 Å². The number of hydrogen-bond acceptors (Lipinski definition) is 3. The van der Waals surface area contributed by atoms with Gasteiger partial charge in [0.15, 0.2) is 0 Å². The van der Waals surface area contributed by atoms with Crippen LogP contribution in [0.1, 0.15) is 33.1 Å². The Balaban J connectivity index is 2.33. The maximum Gasteiger partial charge on any atom is 0.0673 e. The van der Waals surface area contributed by atoms with Gasteiger partial charge in [-0.2, -0.15) is 0 Å². The summed E-state index contributed by atoms with van der Waals surface area (Å²) in [5, 5.41) is 0. The van der Waals surface area contributed by atoms with Crippen LogP contribution in [-0.4, -0.2) is 43.8 Å². The Labute approximate surface area is 94.0 Å². The summed E-state index contributed by atoms with van der Waals surface area (Å²) >= 11 is 0. The van der Waals surface area contributed by atoms with Crippen LogP contribution in [0, 0.1) is 5.92 Å². The highest BCUT2D eigenvalue weighted by atomic mass is 16.5. The molecule has 1 heterocycles. The second-order valence-electron chi connectivity index (χ2n) is 4.68. The van der Waals surface area contributed by atoms with Crippen LogP contribution in [0.2, 0.25) is 0 Å². The zero-order chi connectivity index (χ0) is 11.1. The molecular formula is C12H26N2O. The highest BCUT2D eigenvalue weighted by molar-refractivity contribution is 4.71. The van der Waals surface area contributed by atoms with E-state index in [9.17, 15) is 0 Å². The van der Waals surface area contributed by atoms with Gasteiger partial charge < -0.3 is 15.4 Å². The predicted octanol–water partition coefficient (Wildman–Crippen LogP) is 1.47. The van der Waals surface area contributed by atoms with Crippen LogP contribution >= 0.6 is 0 Å². The van der Waals surface area contributed by atoms with Crippen molar-refractivity contribution in [2.24, 2.45) is 11.7 Å². The lowest BCUT2D eigenvalue weighted by molar-refractivity contribution is 0.0654. The standard InChI is InChI=1S/C12H26N2O/c1-3-5-12(8-13)10-14-6-4-7-15-11(2)9-14/h11-12H,3-10,13H2,1-2H3. The summed E-state index contributed by atoms with van der Waals surface area (Å²) in [6.07, 6.45) is 4.03. The highest BCUT2D eigenvalue weighted by Crippen LogP contribution is 2.11. The average molecular weight is 214 g/mol. The lowest BCUT2D eigenvalue weighted by atomic mass is 10.0. The van der Waals surface area contributed by atoms with Gasteiger partial charge in [0.1, 0.15) is 0 Å². The number of hydrogen-bond donors (Lipinski definition) is 1. The zero-order valence-corrected chi connectivity index (χ0v) is 10.2. The summed E-state index contributed by atoms with van der Waals surface area (Å²) < 4.78 is 5.64. The van der Waals surface area contributed by atoms with Crippen molar-refractivity contribution < 1.29 is 4.74 Å². The maximum atomic E-state index is 5.79. The van der Waals surface area contributed by atoms with Crippen molar-refractivity contribution in [3.63, 3.8) is 0 Å². The fraction of sp³-hybridized carbons (Fsp3) is 1.00. The van der Waals surface area contributed by atoms with Crippen molar-refractivity contribution in [2.75, 3.05) is 32.8 Å². The summed E-state index contributed by atoms with van der Waals surface area (Å²) in [6, 6.07) is 0. The van der Waals surface area contributed by atoms with Crippen molar-refractivity contribution in [3.8, 4) is 0 Å². The molecular weight excluding hydrogens is 188 g/mol. The molecule has 3 nitrogen and oxygen atoms in total. The van der Waals surface area contributed by atoms with E-state index in [4.69, 9.17) is 10.5 Å². The van der Waals surface area contributed by atoms with Crippen LogP contribution in [0.25, 0.3) is 0 Å². The van der Waals surface area contributed by atoms with Gasteiger partial charge in [-0.3, -0.25) is 0 Å². The first kappa shape index (κ1) is 12.9. The SMILES string of the molecule is CCCC(CN)CN1CCCOC(C)C1. The summed E-state index contributed by atoms with van der Waals surface area (Å²) in [5.41, 5.74) is 5.79. The molecule has 0 bridgehead atoms. The molecule has 0 amide bonds. The third-order valence-corrected chi connectivity index (χ3v) is 3.08. The Morgan fingerprint density at radius 1 is 1.53 bits per heavy atom. The quantitative estimate of drug-likeness (QED) is 0.753. The molecule has 1 saturated heterocycles. The molecule has 3 heteroatoms. The van der Waals surface area contributed by atoms with Gasteiger partial charge in [0.05, 0.1) is 6.10 Å². The van der Waals surface area contributed by atoms with Gasteiger partial charge in [0.2, 0.25) is 0 Å². The van der Waals surface area contributed by atoms with E-state index in [2.05, 4.69) is 18.7 Å². The molecule has 1 aliphatic heterocycles. The van der Waals surface area contributed by atoms with Crippen molar-refractivity contribution >= 4 is 0 Å². The van der Waals surface area contributed by atoms with E-state index in [0.717, 1.165) is 32.7 Å². The molecule has 2 atom stereocenters. The van der Waals surface area contributed by atoms with E-state index in [1.165, 1.54) is 19.4 Å².